The number of anilines is 1. The topological polar surface area (TPSA) is 115 Å². The lowest BCUT2D eigenvalue weighted by Gasteiger charge is -2.14. The van der Waals surface area contributed by atoms with E-state index in [1.807, 2.05) is 0 Å². The van der Waals surface area contributed by atoms with Gasteiger partial charge in [-0.1, -0.05) is 36.6 Å². The van der Waals surface area contributed by atoms with Crippen LogP contribution >= 0.6 is 11.6 Å². The maximum atomic E-state index is 13.5. The number of fused-ring (bicyclic) bond motifs is 3. The Kier molecular flexibility index (Phi) is 6.36. The van der Waals surface area contributed by atoms with Crippen molar-refractivity contribution in [3.63, 3.8) is 0 Å². The van der Waals surface area contributed by atoms with Crippen molar-refractivity contribution in [2.75, 3.05) is 5.32 Å². The van der Waals surface area contributed by atoms with Crippen LogP contribution in [0.2, 0.25) is 5.02 Å². The molecule has 9 nitrogen and oxygen atoms in total. The molecule has 0 atom stereocenters. The van der Waals surface area contributed by atoms with E-state index in [4.69, 9.17) is 16.0 Å². The van der Waals surface area contributed by atoms with Crippen LogP contribution in [0.1, 0.15) is 25.7 Å². The number of hydrogen-bond acceptors (Lipinski definition) is 5. The number of halogens is 2. The van der Waals surface area contributed by atoms with Crippen molar-refractivity contribution >= 4 is 51.2 Å². The Morgan fingerprint density at radius 3 is 2.50 bits per heavy atom. The van der Waals surface area contributed by atoms with Gasteiger partial charge in [-0.25, -0.2) is 13.8 Å². The number of rotatable bonds is 6. The Morgan fingerprint density at radius 2 is 1.75 bits per heavy atom. The number of aromatic nitrogens is 2. The lowest BCUT2D eigenvalue weighted by atomic mass is 10.2. The fourth-order valence-corrected chi connectivity index (χ4v) is 4.77. The van der Waals surface area contributed by atoms with Gasteiger partial charge in [0.1, 0.15) is 30.0 Å². The average molecular weight is 513 g/mol. The van der Waals surface area contributed by atoms with Gasteiger partial charge in [0.25, 0.3) is 5.56 Å². The summed E-state index contributed by atoms with van der Waals surface area (Å²) in [5.41, 5.74) is -0.973. The highest BCUT2D eigenvalue weighted by Crippen LogP contribution is 2.26. The molecule has 1 saturated carbocycles. The first-order valence-corrected chi connectivity index (χ1v) is 11.9. The van der Waals surface area contributed by atoms with Gasteiger partial charge in [-0.3, -0.25) is 19.0 Å². The highest BCUT2D eigenvalue weighted by Gasteiger charge is 2.24. The molecular formula is C25H22ClFN4O5. The molecule has 0 saturated heterocycles. The van der Waals surface area contributed by atoms with E-state index in [1.54, 1.807) is 24.3 Å². The lowest BCUT2D eigenvalue weighted by molar-refractivity contribution is -0.122. The Bertz CT molecular complexity index is 1620. The largest absolute Gasteiger partial charge is 0.449 e. The third kappa shape index (κ3) is 4.51. The summed E-state index contributed by atoms with van der Waals surface area (Å²) in [6.07, 6.45) is 3.72. The minimum atomic E-state index is -0.826. The van der Waals surface area contributed by atoms with Crippen LogP contribution < -0.4 is 21.9 Å². The predicted molar refractivity (Wildman–Crippen MR) is 133 cm³/mol. The molecule has 1 aliphatic rings. The van der Waals surface area contributed by atoms with Gasteiger partial charge in [-0.05, 0) is 43.2 Å². The molecule has 5 rings (SSSR count). The molecule has 2 aromatic carbocycles. The maximum absolute atomic E-state index is 13.5. The summed E-state index contributed by atoms with van der Waals surface area (Å²) in [6, 6.07) is 10.4. The third-order valence-corrected chi connectivity index (χ3v) is 6.56. The molecule has 0 unspecified atom stereocenters. The third-order valence-electron chi connectivity index (χ3n) is 6.27. The molecule has 2 aromatic heterocycles. The second-order valence-electron chi connectivity index (χ2n) is 8.76. The van der Waals surface area contributed by atoms with Crippen LogP contribution in [-0.4, -0.2) is 27.0 Å². The lowest BCUT2D eigenvalue weighted by Crippen LogP contribution is -2.46. The zero-order chi connectivity index (χ0) is 25.4. The Labute approximate surface area is 208 Å². The van der Waals surface area contributed by atoms with Gasteiger partial charge in [0.05, 0.1) is 5.02 Å². The number of hydrogen-bond donors (Lipinski definition) is 2. The highest BCUT2D eigenvalue weighted by molar-refractivity contribution is 6.31. The van der Waals surface area contributed by atoms with Crippen LogP contribution in [0, 0.1) is 5.82 Å². The maximum Gasteiger partial charge on any atom is 0.332 e. The smallest absolute Gasteiger partial charge is 0.332 e. The molecule has 36 heavy (non-hydrogen) atoms. The van der Waals surface area contributed by atoms with Crippen molar-refractivity contribution < 1.29 is 18.4 Å². The normalized spacial score (nSPS) is 13.9. The zero-order valence-electron chi connectivity index (χ0n) is 19.1. The van der Waals surface area contributed by atoms with Crippen molar-refractivity contribution in [1.29, 1.82) is 0 Å². The SMILES string of the molecule is O=C(Cn1c(=O)n(CC(=O)NC2CCCC2)c(=O)c2oc3ccccc3c21)Nc1ccc(F)c(Cl)c1. The number of carbonyl (C=O) groups is 2. The van der Waals surface area contributed by atoms with E-state index in [0.29, 0.717) is 11.0 Å². The Balaban J connectivity index is 1.55. The second-order valence-corrected chi connectivity index (χ2v) is 9.17. The van der Waals surface area contributed by atoms with E-state index in [0.717, 1.165) is 40.9 Å². The van der Waals surface area contributed by atoms with Crippen LogP contribution in [0.5, 0.6) is 0 Å². The molecule has 2 heterocycles. The molecule has 1 aliphatic carbocycles. The van der Waals surface area contributed by atoms with Gasteiger partial charge in [0.15, 0.2) is 0 Å². The van der Waals surface area contributed by atoms with Gasteiger partial charge in [-0.15, -0.1) is 0 Å². The van der Waals surface area contributed by atoms with Crippen LogP contribution in [0.25, 0.3) is 22.1 Å². The number of nitrogens with one attached hydrogen (secondary N) is 2. The molecule has 0 bridgehead atoms. The standard InChI is InChI=1S/C25H22ClFN4O5/c26-17-11-15(9-10-18(17)27)29-20(32)12-30-22-16-7-3-4-8-19(16)36-23(22)24(34)31(25(30)35)13-21(33)28-14-5-1-2-6-14/h3-4,7-11,14H,1-2,5-6,12-13H2,(H,28,33)(H,29,32). The number of benzene rings is 2. The van der Waals surface area contributed by atoms with E-state index < -0.39 is 42.0 Å². The summed E-state index contributed by atoms with van der Waals surface area (Å²) >= 11 is 5.79. The summed E-state index contributed by atoms with van der Waals surface area (Å²) in [5, 5.41) is 5.73. The van der Waals surface area contributed by atoms with E-state index >= 15 is 0 Å². The quantitative estimate of drug-likeness (QED) is 0.411. The van der Waals surface area contributed by atoms with Gasteiger partial charge in [0, 0.05) is 17.1 Å². The van der Waals surface area contributed by atoms with Crippen molar-refractivity contribution in [1.82, 2.24) is 14.5 Å². The van der Waals surface area contributed by atoms with Crippen LogP contribution in [0.4, 0.5) is 10.1 Å². The molecule has 11 heteroatoms. The van der Waals surface area contributed by atoms with Gasteiger partial charge >= 0.3 is 5.69 Å². The monoisotopic (exact) mass is 512 g/mol. The molecule has 2 N–H and O–H groups in total. The van der Waals surface area contributed by atoms with Crippen LogP contribution in [0.3, 0.4) is 0 Å². The van der Waals surface area contributed by atoms with Crippen LogP contribution in [-0.2, 0) is 22.7 Å². The summed E-state index contributed by atoms with van der Waals surface area (Å²) in [7, 11) is 0. The minimum Gasteiger partial charge on any atom is -0.449 e. The van der Waals surface area contributed by atoms with Gasteiger partial charge in [0.2, 0.25) is 17.4 Å². The van der Waals surface area contributed by atoms with Crippen molar-refractivity contribution in [2.45, 2.75) is 44.8 Å². The Hall–Kier alpha value is -3.92. The number of furan rings is 1. The molecule has 186 valence electrons. The van der Waals surface area contributed by atoms with E-state index in [-0.39, 0.29) is 27.9 Å². The number of amides is 2. The molecule has 2 amide bonds. The van der Waals surface area contributed by atoms with E-state index in [2.05, 4.69) is 10.6 Å². The fourth-order valence-electron chi connectivity index (χ4n) is 4.59. The second kappa shape index (κ2) is 9.62. The molecule has 0 spiro atoms. The predicted octanol–water partition coefficient (Wildman–Crippen LogP) is 3.40. The van der Waals surface area contributed by atoms with Crippen molar-refractivity contribution in [3.8, 4) is 0 Å². The zero-order valence-corrected chi connectivity index (χ0v) is 19.8. The molecule has 4 aromatic rings. The van der Waals surface area contributed by atoms with Gasteiger partial charge in [-0.2, -0.15) is 0 Å². The van der Waals surface area contributed by atoms with Gasteiger partial charge < -0.3 is 15.1 Å². The Morgan fingerprint density at radius 1 is 1.03 bits per heavy atom. The number of nitrogens with zero attached hydrogens (tertiary/aromatic N) is 2. The fraction of sp³-hybridized carbons (Fsp3) is 0.280. The van der Waals surface area contributed by atoms with Crippen molar-refractivity contribution in [3.05, 3.63) is 74.1 Å². The number of para-hydroxylation sites is 1. The van der Waals surface area contributed by atoms with Crippen molar-refractivity contribution in [2.24, 2.45) is 0 Å². The summed E-state index contributed by atoms with van der Waals surface area (Å²) in [5.74, 6) is -1.72. The van der Waals surface area contributed by atoms with Crippen LogP contribution in [0.15, 0.2) is 56.5 Å². The number of carbonyl (C=O) groups excluding carboxylic acids is 2. The molecular weight excluding hydrogens is 491 g/mol. The molecule has 0 radical (unpaired) electrons. The molecule has 0 aliphatic heterocycles. The summed E-state index contributed by atoms with van der Waals surface area (Å²) < 4.78 is 21.1. The summed E-state index contributed by atoms with van der Waals surface area (Å²) in [6.45, 7) is -0.991. The highest BCUT2D eigenvalue weighted by atomic mass is 35.5. The molecule has 1 fully saturated rings. The average Bonchev–Trinajstić information content (AvgIpc) is 3.50. The van der Waals surface area contributed by atoms with E-state index in [9.17, 15) is 23.6 Å². The first kappa shape index (κ1) is 23.8. The first-order valence-electron chi connectivity index (χ1n) is 11.5. The minimum absolute atomic E-state index is 0.0127. The summed E-state index contributed by atoms with van der Waals surface area (Å²) in [4.78, 5) is 52.2. The first-order chi connectivity index (χ1) is 17.3. The van der Waals surface area contributed by atoms with E-state index in [1.165, 1.54) is 12.1 Å².